The molecule has 23 heavy (non-hydrogen) atoms. The fourth-order valence-electron chi connectivity index (χ4n) is 2.39. The Kier molecular flexibility index (Phi) is 5.32. The van der Waals surface area contributed by atoms with Gasteiger partial charge in [0.05, 0.1) is 6.20 Å². The molecule has 0 radical (unpaired) electrons. The molecule has 0 aliphatic heterocycles. The topological polar surface area (TPSA) is 55.2 Å². The average molecular weight is 313 g/mol. The number of nitrogens with zero attached hydrogens (tertiary/aromatic N) is 3. The third-order valence-electron chi connectivity index (χ3n) is 4.00. The van der Waals surface area contributed by atoms with Crippen molar-refractivity contribution in [2.45, 2.75) is 33.2 Å². The summed E-state index contributed by atoms with van der Waals surface area (Å²) in [5.74, 6) is -0.0257. The van der Waals surface area contributed by atoms with E-state index in [1.807, 2.05) is 45.3 Å². The van der Waals surface area contributed by atoms with E-state index in [0.717, 1.165) is 16.7 Å². The van der Waals surface area contributed by atoms with Gasteiger partial charge in [-0.3, -0.25) is 14.3 Å². The van der Waals surface area contributed by atoms with Crippen molar-refractivity contribution in [3.8, 4) is 0 Å². The Morgan fingerprint density at radius 1 is 1.17 bits per heavy atom. The van der Waals surface area contributed by atoms with Crippen molar-refractivity contribution >= 4 is 11.7 Å². The van der Waals surface area contributed by atoms with E-state index >= 15 is 0 Å². The predicted molar refractivity (Wildman–Crippen MR) is 89.2 cm³/mol. The second kappa shape index (κ2) is 7.22. The van der Waals surface area contributed by atoms with Crippen LogP contribution in [0.5, 0.6) is 0 Å². The molecule has 5 heteroatoms. The molecule has 0 bridgehead atoms. The quantitative estimate of drug-likeness (QED) is 0.770. The normalized spacial score (nSPS) is 10.6. The summed E-state index contributed by atoms with van der Waals surface area (Å²) in [6.45, 7) is 4.50. The molecule has 1 aromatic carbocycles. The number of Topliss-reactive ketones (excluding diaryl/α,β-unsaturated/α-hetero) is 1. The molecular formula is C18H23N3O2. The highest BCUT2D eigenvalue weighted by atomic mass is 16.2. The molecule has 0 fully saturated rings. The van der Waals surface area contributed by atoms with Crippen molar-refractivity contribution in [1.82, 2.24) is 14.7 Å². The lowest BCUT2D eigenvalue weighted by atomic mass is 10.0. The number of benzene rings is 1. The molecule has 0 saturated carbocycles. The Labute approximate surface area is 136 Å². The number of hydrogen-bond donors (Lipinski definition) is 0. The molecule has 1 heterocycles. The van der Waals surface area contributed by atoms with E-state index in [0.29, 0.717) is 12.1 Å². The minimum Gasteiger partial charge on any atom is -0.341 e. The monoisotopic (exact) mass is 313 g/mol. The fraction of sp³-hybridized carbons (Fsp3) is 0.389. The molecule has 0 aliphatic carbocycles. The standard InChI is InChI=1S/C18H23N3O2/c1-13-5-6-16(9-14(13)2)17(22)7-8-18(23)20(3)11-15-10-19-21(4)12-15/h5-6,9-10,12H,7-8,11H2,1-4H3. The van der Waals surface area contributed by atoms with Crippen molar-refractivity contribution < 1.29 is 9.59 Å². The summed E-state index contributed by atoms with van der Waals surface area (Å²) >= 11 is 0. The molecule has 122 valence electrons. The first-order valence-electron chi connectivity index (χ1n) is 7.68. The molecule has 2 rings (SSSR count). The van der Waals surface area contributed by atoms with Crippen LogP contribution in [0.2, 0.25) is 0 Å². The molecule has 0 spiro atoms. The lowest BCUT2D eigenvalue weighted by Crippen LogP contribution is -2.26. The van der Waals surface area contributed by atoms with E-state index in [4.69, 9.17) is 0 Å². The Morgan fingerprint density at radius 2 is 1.91 bits per heavy atom. The van der Waals surface area contributed by atoms with Crippen LogP contribution in [0.15, 0.2) is 30.6 Å². The van der Waals surface area contributed by atoms with Crippen LogP contribution in [0.1, 0.15) is 39.9 Å². The fourth-order valence-corrected chi connectivity index (χ4v) is 2.39. The zero-order valence-electron chi connectivity index (χ0n) is 14.2. The lowest BCUT2D eigenvalue weighted by Gasteiger charge is -2.16. The lowest BCUT2D eigenvalue weighted by molar-refractivity contribution is -0.130. The van der Waals surface area contributed by atoms with Crippen molar-refractivity contribution in [3.05, 3.63) is 52.8 Å². The zero-order chi connectivity index (χ0) is 17.0. The van der Waals surface area contributed by atoms with Crippen LogP contribution in [-0.2, 0) is 18.4 Å². The number of aromatic nitrogens is 2. The van der Waals surface area contributed by atoms with Gasteiger partial charge in [-0.05, 0) is 31.0 Å². The van der Waals surface area contributed by atoms with Gasteiger partial charge in [0.25, 0.3) is 0 Å². The maximum atomic E-state index is 12.2. The third kappa shape index (κ3) is 4.52. The van der Waals surface area contributed by atoms with E-state index in [9.17, 15) is 9.59 Å². The van der Waals surface area contributed by atoms with Crippen molar-refractivity contribution in [2.24, 2.45) is 7.05 Å². The predicted octanol–water partition coefficient (Wildman–Crippen LogP) is 2.66. The number of ketones is 1. The Morgan fingerprint density at radius 3 is 2.52 bits per heavy atom. The highest BCUT2D eigenvalue weighted by Gasteiger charge is 2.14. The number of hydrogen-bond acceptors (Lipinski definition) is 3. The van der Waals surface area contributed by atoms with Gasteiger partial charge >= 0.3 is 0 Å². The minimum atomic E-state index is -0.0361. The first-order chi connectivity index (χ1) is 10.9. The average Bonchev–Trinajstić information content (AvgIpc) is 2.92. The van der Waals surface area contributed by atoms with Crippen LogP contribution in [-0.4, -0.2) is 33.4 Å². The molecule has 1 aromatic heterocycles. The summed E-state index contributed by atoms with van der Waals surface area (Å²) in [6.07, 6.45) is 4.08. The number of aryl methyl sites for hydroxylation is 3. The minimum absolute atomic E-state index is 0.0104. The maximum Gasteiger partial charge on any atom is 0.223 e. The Bertz CT molecular complexity index is 719. The van der Waals surface area contributed by atoms with Gasteiger partial charge < -0.3 is 4.90 Å². The highest BCUT2D eigenvalue weighted by molar-refractivity contribution is 5.98. The third-order valence-corrected chi connectivity index (χ3v) is 4.00. The van der Waals surface area contributed by atoms with Crippen LogP contribution in [0, 0.1) is 13.8 Å². The number of carbonyl (C=O) groups is 2. The molecule has 0 atom stereocenters. The molecular weight excluding hydrogens is 290 g/mol. The molecule has 0 saturated heterocycles. The smallest absolute Gasteiger partial charge is 0.223 e. The molecule has 5 nitrogen and oxygen atoms in total. The van der Waals surface area contributed by atoms with Gasteiger partial charge in [-0.15, -0.1) is 0 Å². The summed E-state index contributed by atoms with van der Waals surface area (Å²) in [4.78, 5) is 26.0. The zero-order valence-corrected chi connectivity index (χ0v) is 14.2. The van der Waals surface area contributed by atoms with Crippen LogP contribution >= 0.6 is 0 Å². The van der Waals surface area contributed by atoms with Crippen LogP contribution in [0.4, 0.5) is 0 Å². The summed E-state index contributed by atoms with van der Waals surface area (Å²) in [5, 5.41) is 4.08. The van der Waals surface area contributed by atoms with Crippen LogP contribution < -0.4 is 0 Å². The summed E-state index contributed by atoms with van der Waals surface area (Å²) in [5.41, 5.74) is 3.91. The van der Waals surface area contributed by atoms with Crippen LogP contribution in [0.25, 0.3) is 0 Å². The van der Waals surface area contributed by atoms with Gasteiger partial charge in [0.2, 0.25) is 5.91 Å². The van der Waals surface area contributed by atoms with Gasteiger partial charge in [0.1, 0.15) is 0 Å². The van der Waals surface area contributed by atoms with Crippen LogP contribution in [0.3, 0.4) is 0 Å². The first kappa shape index (κ1) is 16.9. The van der Waals surface area contributed by atoms with Gasteiger partial charge in [-0.2, -0.15) is 5.10 Å². The second-order valence-corrected chi connectivity index (χ2v) is 5.99. The van der Waals surface area contributed by atoms with Gasteiger partial charge in [-0.25, -0.2) is 0 Å². The van der Waals surface area contributed by atoms with E-state index in [1.165, 1.54) is 0 Å². The highest BCUT2D eigenvalue weighted by Crippen LogP contribution is 2.13. The first-order valence-corrected chi connectivity index (χ1v) is 7.68. The molecule has 1 amide bonds. The molecule has 0 aliphatic rings. The molecule has 0 N–H and O–H groups in total. The van der Waals surface area contributed by atoms with Crippen molar-refractivity contribution in [2.75, 3.05) is 7.05 Å². The Hall–Kier alpha value is -2.43. The summed E-state index contributed by atoms with van der Waals surface area (Å²) < 4.78 is 1.71. The van der Waals surface area contributed by atoms with E-state index in [1.54, 1.807) is 22.8 Å². The van der Waals surface area contributed by atoms with Crippen molar-refractivity contribution in [3.63, 3.8) is 0 Å². The number of amides is 1. The van der Waals surface area contributed by atoms with E-state index in [2.05, 4.69) is 5.10 Å². The van der Waals surface area contributed by atoms with Gasteiger partial charge in [-0.1, -0.05) is 12.1 Å². The summed E-state index contributed by atoms with van der Waals surface area (Å²) in [7, 11) is 3.59. The number of carbonyl (C=O) groups excluding carboxylic acids is 2. The molecule has 0 unspecified atom stereocenters. The maximum absolute atomic E-state index is 12.2. The van der Waals surface area contributed by atoms with Gasteiger partial charge in [0.15, 0.2) is 5.78 Å². The molecule has 2 aromatic rings. The van der Waals surface area contributed by atoms with E-state index in [-0.39, 0.29) is 24.5 Å². The second-order valence-electron chi connectivity index (χ2n) is 5.99. The Balaban J connectivity index is 1.87. The number of rotatable bonds is 6. The summed E-state index contributed by atoms with van der Waals surface area (Å²) in [6, 6.07) is 5.66. The van der Waals surface area contributed by atoms with Gasteiger partial charge in [0, 0.05) is 50.8 Å². The van der Waals surface area contributed by atoms with Crippen molar-refractivity contribution in [1.29, 1.82) is 0 Å². The largest absolute Gasteiger partial charge is 0.341 e. The van der Waals surface area contributed by atoms with E-state index < -0.39 is 0 Å². The SMILES string of the molecule is Cc1ccc(C(=O)CCC(=O)N(C)Cc2cnn(C)c2)cc1C.